The monoisotopic (exact) mass is 631 g/mol. The fourth-order valence-corrected chi connectivity index (χ4v) is 7.33. The van der Waals surface area contributed by atoms with E-state index in [2.05, 4.69) is 68.6 Å². The van der Waals surface area contributed by atoms with Crippen LogP contribution in [-0.4, -0.2) is 69.8 Å². The lowest BCUT2D eigenvalue weighted by Crippen LogP contribution is -2.45. The Morgan fingerprint density at radius 2 is 1.72 bits per heavy atom. The van der Waals surface area contributed by atoms with Crippen LogP contribution in [0.1, 0.15) is 100 Å². The molecule has 7 nitrogen and oxygen atoms in total. The van der Waals surface area contributed by atoms with Gasteiger partial charge in [0.25, 0.3) is 5.91 Å². The number of amides is 2. The number of hydrogen-bond donors (Lipinski definition) is 2. The smallest absolute Gasteiger partial charge is 0.251 e. The first-order valence-electron chi connectivity index (χ1n) is 17.4. The van der Waals surface area contributed by atoms with Gasteiger partial charge in [0.05, 0.1) is 6.61 Å². The zero-order valence-corrected chi connectivity index (χ0v) is 29.5. The first kappa shape index (κ1) is 35.7. The van der Waals surface area contributed by atoms with E-state index in [1.165, 1.54) is 31.2 Å². The third kappa shape index (κ3) is 8.60. The van der Waals surface area contributed by atoms with Gasteiger partial charge in [0.2, 0.25) is 5.91 Å². The van der Waals surface area contributed by atoms with E-state index in [0.717, 1.165) is 47.3 Å². The van der Waals surface area contributed by atoms with Gasteiger partial charge in [0.15, 0.2) is 0 Å². The third-order valence-corrected chi connectivity index (χ3v) is 10.7. The molecule has 0 radical (unpaired) electrons. The molecule has 0 bridgehead atoms. The van der Waals surface area contributed by atoms with Crippen LogP contribution in [-0.2, 0) is 9.53 Å². The van der Waals surface area contributed by atoms with Crippen LogP contribution in [0.2, 0.25) is 0 Å². The van der Waals surface area contributed by atoms with Gasteiger partial charge in [-0.3, -0.25) is 9.59 Å². The molecular weight excluding hydrogens is 574 g/mol. The third-order valence-electron chi connectivity index (χ3n) is 10.7. The second-order valence-corrected chi connectivity index (χ2v) is 13.8. The van der Waals surface area contributed by atoms with Gasteiger partial charge in [0.1, 0.15) is 12.4 Å². The topological polar surface area (TPSA) is 79.9 Å². The molecule has 46 heavy (non-hydrogen) atoms. The van der Waals surface area contributed by atoms with Crippen LogP contribution in [0, 0.1) is 18.8 Å². The van der Waals surface area contributed by atoms with E-state index in [1.807, 2.05) is 32.0 Å². The summed E-state index contributed by atoms with van der Waals surface area (Å²) in [7, 11) is 6.06. The maximum Gasteiger partial charge on any atom is 0.251 e. The number of carbonyl (C=O) groups excluding carboxylic acids is 2. The van der Waals surface area contributed by atoms with Gasteiger partial charge in [-0.05, 0) is 125 Å². The minimum absolute atomic E-state index is 0.0815. The molecule has 2 aliphatic rings. The van der Waals surface area contributed by atoms with Crippen LogP contribution in [0.3, 0.4) is 0 Å². The van der Waals surface area contributed by atoms with Crippen molar-refractivity contribution >= 4 is 11.8 Å². The Labute approximate surface area is 277 Å². The highest BCUT2D eigenvalue weighted by molar-refractivity contribution is 6.00. The maximum absolute atomic E-state index is 14.0. The molecule has 1 aliphatic carbocycles. The van der Waals surface area contributed by atoms with Gasteiger partial charge in [-0.25, -0.2) is 0 Å². The van der Waals surface area contributed by atoms with E-state index in [-0.39, 0.29) is 30.3 Å². The molecule has 1 fully saturated rings. The Hall–Kier alpha value is -3.16. The van der Waals surface area contributed by atoms with Gasteiger partial charge < -0.3 is 25.0 Å². The molecular formula is C39H57N3O4. The summed E-state index contributed by atoms with van der Waals surface area (Å²) in [5, 5.41) is 6.19. The van der Waals surface area contributed by atoms with Crippen molar-refractivity contribution < 1.29 is 19.1 Å². The fourth-order valence-electron chi connectivity index (χ4n) is 7.33. The van der Waals surface area contributed by atoms with Crippen molar-refractivity contribution in [3.8, 4) is 16.9 Å². The molecule has 1 saturated carbocycles. The van der Waals surface area contributed by atoms with Gasteiger partial charge in [-0.2, -0.15) is 0 Å². The van der Waals surface area contributed by atoms with Crippen molar-refractivity contribution in [2.45, 2.75) is 97.6 Å². The summed E-state index contributed by atoms with van der Waals surface area (Å²) in [6.07, 6.45) is 8.26. The first-order valence-corrected chi connectivity index (χ1v) is 17.4. The van der Waals surface area contributed by atoms with Crippen LogP contribution in [0.4, 0.5) is 0 Å². The van der Waals surface area contributed by atoms with Crippen LogP contribution in [0.5, 0.6) is 5.75 Å². The highest BCUT2D eigenvalue weighted by Crippen LogP contribution is 2.43. The Bertz CT molecular complexity index is 1360. The molecule has 1 heterocycles. The van der Waals surface area contributed by atoms with Crippen LogP contribution >= 0.6 is 0 Å². The van der Waals surface area contributed by atoms with Gasteiger partial charge in [0, 0.05) is 36.9 Å². The maximum atomic E-state index is 14.0. The summed E-state index contributed by atoms with van der Waals surface area (Å²) >= 11 is 0. The Morgan fingerprint density at radius 3 is 2.35 bits per heavy atom. The van der Waals surface area contributed by atoms with Crippen molar-refractivity contribution in [2.75, 3.05) is 41.0 Å². The SMILES string of the molecule is CCCCC(c1cc(-c2ccc(OCCOC)cc2)cc(C(=O)NCC2=C(C)C(C)C(C)NC2=O)c1C)C1CCC(N(C)C)CC1. The molecule has 7 heteroatoms. The summed E-state index contributed by atoms with van der Waals surface area (Å²) in [5.41, 5.74) is 6.82. The van der Waals surface area contributed by atoms with Crippen molar-refractivity contribution in [2.24, 2.45) is 11.8 Å². The lowest BCUT2D eigenvalue weighted by molar-refractivity contribution is -0.119. The molecule has 2 aromatic carbocycles. The van der Waals surface area contributed by atoms with Gasteiger partial charge in [-0.1, -0.05) is 50.5 Å². The predicted octanol–water partition coefficient (Wildman–Crippen LogP) is 7.28. The average Bonchev–Trinajstić information content (AvgIpc) is 3.05. The molecule has 2 amide bonds. The number of unbranched alkanes of at least 4 members (excludes halogenated alkanes) is 1. The number of nitrogens with zero attached hydrogens (tertiary/aromatic N) is 1. The Balaban J connectivity index is 1.71. The van der Waals surface area contributed by atoms with Crippen LogP contribution < -0.4 is 15.4 Å². The highest BCUT2D eigenvalue weighted by Gasteiger charge is 2.32. The van der Waals surface area contributed by atoms with Gasteiger partial charge >= 0.3 is 0 Å². The standard InChI is InChI=1S/C39H57N3O4/c1-9-10-11-34(30-12-16-32(17-13-30)42(6)7)35-22-31(29-14-18-33(19-15-29)46-21-20-45-8)23-36(27(35)4)38(43)40-24-37-26(3)25(2)28(5)41-39(37)44/h14-15,18-19,22-23,25,28,30,32,34H,9-13,16-17,20-21,24H2,1-8H3,(H,40,43)(H,41,44). The number of rotatable bonds is 14. The molecule has 252 valence electrons. The molecule has 0 aromatic heterocycles. The van der Waals surface area contributed by atoms with E-state index in [0.29, 0.717) is 42.2 Å². The number of methoxy groups -OCH3 is 1. The van der Waals surface area contributed by atoms with Crippen molar-refractivity contribution in [3.63, 3.8) is 0 Å². The van der Waals surface area contributed by atoms with E-state index < -0.39 is 0 Å². The summed E-state index contributed by atoms with van der Waals surface area (Å²) in [6.45, 7) is 11.8. The number of ether oxygens (including phenoxy) is 2. The van der Waals surface area contributed by atoms with E-state index >= 15 is 0 Å². The molecule has 3 atom stereocenters. The molecule has 2 aromatic rings. The van der Waals surface area contributed by atoms with Crippen LogP contribution in [0.15, 0.2) is 47.5 Å². The minimum Gasteiger partial charge on any atom is -0.491 e. The fraction of sp³-hybridized carbons (Fsp3) is 0.590. The number of benzene rings is 2. The Morgan fingerprint density at radius 1 is 1.02 bits per heavy atom. The summed E-state index contributed by atoms with van der Waals surface area (Å²) in [4.78, 5) is 29.3. The normalized spacial score (nSPS) is 22.5. The molecule has 0 spiro atoms. The van der Waals surface area contributed by atoms with Crippen molar-refractivity contribution in [1.82, 2.24) is 15.5 Å². The summed E-state index contributed by atoms with van der Waals surface area (Å²) in [6, 6.07) is 13.2. The Kier molecular flexibility index (Phi) is 12.9. The van der Waals surface area contributed by atoms with Crippen LogP contribution in [0.25, 0.3) is 11.1 Å². The van der Waals surface area contributed by atoms with Crippen molar-refractivity contribution in [1.29, 1.82) is 0 Å². The minimum atomic E-state index is -0.134. The number of hydrogen-bond acceptors (Lipinski definition) is 5. The zero-order chi connectivity index (χ0) is 33.4. The second-order valence-electron chi connectivity index (χ2n) is 13.8. The van der Waals surface area contributed by atoms with Crippen molar-refractivity contribution in [3.05, 3.63) is 64.2 Å². The summed E-state index contributed by atoms with van der Waals surface area (Å²) < 4.78 is 10.9. The lowest BCUT2D eigenvalue weighted by Gasteiger charge is -2.37. The molecule has 0 saturated heterocycles. The van der Waals surface area contributed by atoms with E-state index in [4.69, 9.17) is 9.47 Å². The summed E-state index contributed by atoms with van der Waals surface area (Å²) in [5.74, 6) is 1.78. The van der Waals surface area contributed by atoms with E-state index in [9.17, 15) is 9.59 Å². The van der Waals surface area contributed by atoms with Gasteiger partial charge in [-0.15, -0.1) is 0 Å². The lowest BCUT2D eigenvalue weighted by atomic mass is 9.71. The zero-order valence-electron chi connectivity index (χ0n) is 29.5. The quantitative estimate of drug-likeness (QED) is 0.214. The molecule has 2 N–H and O–H groups in total. The number of carbonyl (C=O) groups is 2. The second kappa shape index (κ2) is 16.6. The van der Waals surface area contributed by atoms with E-state index in [1.54, 1.807) is 7.11 Å². The highest BCUT2D eigenvalue weighted by atomic mass is 16.5. The molecule has 1 aliphatic heterocycles. The molecule has 4 rings (SSSR count). The predicted molar refractivity (Wildman–Crippen MR) is 187 cm³/mol. The largest absolute Gasteiger partial charge is 0.491 e. The molecule has 3 unspecified atom stereocenters. The number of nitrogens with one attached hydrogen (secondary N) is 2. The average molecular weight is 632 g/mol. The first-order chi connectivity index (χ1) is 22.0.